The van der Waals surface area contributed by atoms with E-state index in [-0.39, 0.29) is 22.4 Å². The standard InChI is InChI=1S/C32H28ClN3O6/c1-16(2)28(32(41)42-15-23(37)34-35-29(38)21-13-7-8-14-22(21)33)36-30(39)26-24-17-9-3-4-10-18(17)25(27(26)31(36)40)20-12-6-5-11-19(20)24/h3-14,16,24-28H,15H2,1-2H3,(H,34,37)(H,35,38)/t24?,25?,26-,27+,28-/m1/s1. The summed E-state index contributed by atoms with van der Waals surface area (Å²) >= 11 is 6.00. The molecule has 10 heteroatoms. The van der Waals surface area contributed by atoms with Gasteiger partial charge in [0, 0.05) is 11.8 Å². The lowest BCUT2D eigenvalue weighted by Gasteiger charge is -2.45. The fourth-order valence-corrected chi connectivity index (χ4v) is 6.97. The molecule has 0 radical (unpaired) electrons. The minimum absolute atomic E-state index is 0.155. The van der Waals surface area contributed by atoms with Crippen LogP contribution in [-0.2, 0) is 23.9 Å². The molecule has 3 aromatic carbocycles. The Hall–Kier alpha value is -4.50. The molecule has 7 rings (SSSR count). The number of hydrogen-bond donors (Lipinski definition) is 2. The monoisotopic (exact) mass is 585 g/mol. The molecular formula is C32H28ClN3O6. The highest BCUT2D eigenvalue weighted by Gasteiger charge is 2.63. The molecule has 1 fully saturated rings. The van der Waals surface area contributed by atoms with E-state index in [2.05, 4.69) is 10.9 Å². The first-order chi connectivity index (χ1) is 20.2. The maximum atomic E-state index is 14.0. The molecule has 9 nitrogen and oxygen atoms in total. The van der Waals surface area contributed by atoms with E-state index in [1.807, 2.05) is 48.5 Å². The molecule has 214 valence electrons. The molecular weight excluding hydrogens is 558 g/mol. The Kier molecular flexibility index (Phi) is 7.06. The number of likely N-dealkylation sites (tertiary alicyclic amines) is 1. The minimum atomic E-state index is -1.22. The van der Waals surface area contributed by atoms with Gasteiger partial charge in [0.25, 0.3) is 11.8 Å². The Morgan fingerprint density at radius 1 is 0.786 bits per heavy atom. The predicted molar refractivity (Wildman–Crippen MR) is 152 cm³/mol. The highest BCUT2D eigenvalue weighted by Crippen LogP contribution is 2.61. The molecule has 3 atom stereocenters. The van der Waals surface area contributed by atoms with Crippen molar-refractivity contribution in [3.63, 3.8) is 0 Å². The van der Waals surface area contributed by atoms with Gasteiger partial charge >= 0.3 is 5.97 Å². The zero-order chi connectivity index (χ0) is 29.7. The minimum Gasteiger partial charge on any atom is -0.454 e. The van der Waals surface area contributed by atoms with Crippen molar-refractivity contribution in [2.24, 2.45) is 17.8 Å². The van der Waals surface area contributed by atoms with Crippen LogP contribution in [0.5, 0.6) is 0 Å². The van der Waals surface area contributed by atoms with Gasteiger partial charge in [-0.25, -0.2) is 4.79 Å². The molecule has 0 saturated carbocycles. The summed E-state index contributed by atoms with van der Waals surface area (Å²) in [6.45, 7) is 2.71. The van der Waals surface area contributed by atoms with Gasteiger partial charge < -0.3 is 4.74 Å². The number of benzene rings is 3. The van der Waals surface area contributed by atoms with Crippen molar-refractivity contribution in [3.05, 3.63) is 106 Å². The summed E-state index contributed by atoms with van der Waals surface area (Å²) in [7, 11) is 0. The Morgan fingerprint density at radius 2 is 1.26 bits per heavy atom. The molecule has 4 amide bonds. The molecule has 4 aliphatic rings. The van der Waals surface area contributed by atoms with Crippen molar-refractivity contribution in [3.8, 4) is 0 Å². The van der Waals surface area contributed by atoms with E-state index in [0.29, 0.717) is 0 Å². The van der Waals surface area contributed by atoms with Crippen LogP contribution in [0.1, 0.15) is 58.3 Å². The van der Waals surface area contributed by atoms with Crippen LogP contribution in [0.3, 0.4) is 0 Å². The maximum absolute atomic E-state index is 14.0. The molecule has 2 bridgehead atoms. The Balaban J connectivity index is 1.19. The van der Waals surface area contributed by atoms with Gasteiger partial charge in [-0.15, -0.1) is 0 Å². The molecule has 0 aromatic heterocycles. The average Bonchev–Trinajstić information content (AvgIpc) is 3.25. The molecule has 3 aromatic rings. The number of esters is 1. The zero-order valence-corrected chi connectivity index (χ0v) is 23.6. The van der Waals surface area contributed by atoms with E-state index in [4.69, 9.17) is 16.3 Å². The third-order valence-electron chi connectivity index (χ3n) is 8.41. The summed E-state index contributed by atoms with van der Waals surface area (Å²) in [6.07, 6.45) is 0. The quantitative estimate of drug-likeness (QED) is 0.259. The van der Waals surface area contributed by atoms with Gasteiger partial charge in [0.1, 0.15) is 6.04 Å². The summed E-state index contributed by atoms with van der Waals surface area (Å²) < 4.78 is 5.27. The highest BCUT2D eigenvalue weighted by molar-refractivity contribution is 6.33. The molecule has 1 saturated heterocycles. The second-order valence-corrected chi connectivity index (χ2v) is 11.5. The second kappa shape index (κ2) is 10.7. The van der Waals surface area contributed by atoms with Crippen molar-refractivity contribution < 1.29 is 28.7 Å². The number of halogens is 1. The van der Waals surface area contributed by atoms with Crippen LogP contribution < -0.4 is 10.9 Å². The van der Waals surface area contributed by atoms with Gasteiger partial charge in [0.15, 0.2) is 6.61 Å². The fraction of sp³-hybridized carbons (Fsp3) is 0.281. The van der Waals surface area contributed by atoms with Crippen LogP contribution in [0.2, 0.25) is 5.02 Å². The largest absolute Gasteiger partial charge is 0.454 e. The van der Waals surface area contributed by atoms with Crippen molar-refractivity contribution in [2.45, 2.75) is 31.7 Å². The number of hydrogen-bond acceptors (Lipinski definition) is 6. The molecule has 42 heavy (non-hydrogen) atoms. The smallest absolute Gasteiger partial charge is 0.330 e. The van der Waals surface area contributed by atoms with Crippen LogP contribution in [-0.4, -0.2) is 47.1 Å². The molecule has 1 heterocycles. The number of hydrazine groups is 1. The highest BCUT2D eigenvalue weighted by atomic mass is 35.5. The Morgan fingerprint density at radius 3 is 1.74 bits per heavy atom. The van der Waals surface area contributed by atoms with Crippen LogP contribution in [0.15, 0.2) is 72.8 Å². The lowest BCUT2D eigenvalue weighted by molar-refractivity contribution is -0.162. The topological polar surface area (TPSA) is 122 Å². The number of ether oxygens (including phenoxy) is 1. The van der Waals surface area contributed by atoms with Crippen molar-refractivity contribution in [1.29, 1.82) is 0 Å². The Bertz CT molecular complexity index is 1520. The van der Waals surface area contributed by atoms with Gasteiger partial charge in [0.05, 0.1) is 22.4 Å². The third-order valence-corrected chi connectivity index (χ3v) is 8.74. The number of imide groups is 1. The van der Waals surface area contributed by atoms with Crippen LogP contribution in [0.4, 0.5) is 0 Å². The van der Waals surface area contributed by atoms with Gasteiger partial charge in [-0.3, -0.25) is 34.9 Å². The molecule has 0 unspecified atom stereocenters. The first-order valence-electron chi connectivity index (χ1n) is 13.8. The van der Waals surface area contributed by atoms with Crippen LogP contribution in [0, 0.1) is 17.8 Å². The van der Waals surface area contributed by atoms with Gasteiger partial charge in [-0.05, 0) is 40.3 Å². The first kappa shape index (κ1) is 27.7. The number of nitrogens with zero attached hydrogens (tertiary/aromatic N) is 1. The van der Waals surface area contributed by atoms with E-state index >= 15 is 0 Å². The fourth-order valence-electron chi connectivity index (χ4n) is 6.75. The number of amides is 4. The first-order valence-corrected chi connectivity index (χ1v) is 14.1. The van der Waals surface area contributed by atoms with Gasteiger partial charge in [0.2, 0.25) is 11.8 Å². The number of carbonyl (C=O) groups excluding carboxylic acids is 5. The summed E-state index contributed by atoms with van der Waals surface area (Å²) in [4.78, 5) is 67.2. The van der Waals surface area contributed by atoms with Crippen LogP contribution in [0.25, 0.3) is 0 Å². The van der Waals surface area contributed by atoms with Crippen LogP contribution >= 0.6 is 11.6 Å². The Labute approximate surface area is 247 Å². The summed E-state index contributed by atoms with van der Waals surface area (Å²) in [5, 5.41) is 0.204. The number of carbonyl (C=O) groups is 5. The summed E-state index contributed by atoms with van der Waals surface area (Å²) in [6, 6.07) is 20.9. The van der Waals surface area contributed by atoms with E-state index in [0.717, 1.165) is 27.2 Å². The van der Waals surface area contributed by atoms with E-state index in [1.54, 1.807) is 26.0 Å². The predicted octanol–water partition coefficient (Wildman–Crippen LogP) is 3.56. The van der Waals surface area contributed by atoms with E-state index in [9.17, 15) is 24.0 Å². The zero-order valence-electron chi connectivity index (χ0n) is 22.9. The lowest BCUT2D eigenvalue weighted by atomic mass is 9.55. The normalized spacial score (nSPS) is 22.2. The second-order valence-electron chi connectivity index (χ2n) is 11.1. The summed E-state index contributed by atoms with van der Waals surface area (Å²) in [5.74, 6) is -5.48. The molecule has 2 N–H and O–H groups in total. The van der Waals surface area contributed by atoms with E-state index < -0.39 is 60.0 Å². The number of rotatable bonds is 6. The van der Waals surface area contributed by atoms with E-state index in [1.165, 1.54) is 12.1 Å². The average molecular weight is 586 g/mol. The maximum Gasteiger partial charge on any atom is 0.330 e. The van der Waals surface area contributed by atoms with Gasteiger partial charge in [-0.2, -0.15) is 0 Å². The van der Waals surface area contributed by atoms with Crippen molar-refractivity contribution in [2.75, 3.05) is 6.61 Å². The SMILES string of the molecule is CC(C)[C@H](C(=O)OCC(=O)NNC(=O)c1ccccc1Cl)N1C(=O)[C@@H]2C3c4ccccc4C(c4ccccc43)[C@@H]2C1=O. The third kappa shape index (κ3) is 4.36. The molecule has 1 aliphatic heterocycles. The lowest BCUT2D eigenvalue weighted by Crippen LogP contribution is -2.50. The van der Waals surface area contributed by atoms with Gasteiger partial charge in [-0.1, -0.05) is 86.1 Å². The van der Waals surface area contributed by atoms with Crippen molar-refractivity contribution in [1.82, 2.24) is 15.8 Å². The summed E-state index contributed by atoms with van der Waals surface area (Å²) in [5.41, 5.74) is 8.68. The molecule has 0 spiro atoms. The number of nitrogens with one attached hydrogen (secondary N) is 2. The van der Waals surface area contributed by atoms with Crippen molar-refractivity contribution >= 4 is 41.2 Å². The molecule has 3 aliphatic carbocycles.